The van der Waals surface area contributed by atoms with Crippen LogP contribution in [0.25, 0.3) is 0 Å². The van der Waals surface area contributed by atoms with Crippen LogP contribution in [0, 0.1) is 40.4 Å². The van der Waals surface area contributed by atoms with Gasteiger partial charge in [0.2, 0.25) is 5.06 Å². The Kier molecular flexibility index (Phi) is 2.59. The summed E-state index contributed by atoms with van der Waals surface area (Å²) in [5.74, 6) is 0.963. The third kappa shape index (κ3) is 1.18. The molecule has 4 atom stereocenters. The third-order valence-corrected chi connectivity index (χ3v) is 7.05. The Bertz CT molecular complexity index is 814. The van der Waals surface area contributed by atoms with Gasteiger partial charge in [-0.25, -0.2) is 4.99 Å². The lowest BCUT2D eigenvalue weighted by molar-refractivity contribution is 0.0151. The third-order valence-electron chi connectivity index (χ3n) is 5.77. The largest absolute Gasteiger partial charge is 0.386 e. The SMILES string of the molecule is Cc1ccc([C@]2(C)[C@]3(C#N)C(N)=N[C@@]4(OCCS4)[C@@]32C#N)cc1. The molecule has 116 valence electrons. The van der Waals surface area contributed by atoms with Gasteiger partial charge in [-0.05, 0) is 12.5 Å². The minimum absolute atomic E-state index is 0.221. The van der Waals surface area contributed by atoms with Crippen LogP contribution in [0.3, 0.4) is 0 Å². The molecule has 2 aliphatic heterocycles. The lowest BCUT2D eigenvalue weighted by Crippen LogP contribution is -2.38. The number of benzene rings is 1. The van der Waals surface area contributed by atoms with Crippen molar-refractivity contribution in [3.05, 3.63) is 35.4 Å². The monoisotopic (exact) mass is 324 g/mol. The van der Waals surface area contributed by atoms with Crippen LogP contribution >= 0.6 is 11.8 Å². The van der Waals surface area contributed by atoms with Gasteiger partial charge < -0.3 is 10.5 Å². The number of hydrogen-bond donors (Lipinski definition) is 1. The molecule has 0 amide bonds. The summed E-state index contributed by atoms with van der Waals surface area (Å²) < 4.78 is 5.91. The van der Waals surface area contributed by atoms with E-state index in [1.807, 2.05) is 38.1 Å². The highest BCUT2D eigenvalue weighted by Gasteiger charge is 2.99. The van der Waals surface area contributed by atoms with Crippen LogP contribution in [-0.4, -0.2) is 23.3 Å². The first-order valence-electron chi connectivity index (χ1n) is 7.49. The number of aliphatic imine (C=N–C) groups is 1. The van der Waals surface area contributed by atoms with E-state index in [0.29, 0.717) is 6.61 Å². The van der Waals surface area contributed by atoms with Gasteiger partial charge >= 0.3 is 0 Å². The molecule has 1 saturated carbocycles. The summed E-state index contributed by atoms with van der Waals surface area (Å²) in [6.45, 7) is 4.46. The van der Waals surface area contributed by atoms with Gasteiger partial charge in [-0.1, -0.05) is 48.5 Å². The second-order valence-corrected chi connectivity index (χ2v) is 7.74. The Balaban J connectivity index is 2.00. The van der Waals surface area contributed by atoms with Gasteiger partial charge in [0.1, 0.15) is 5.84 Å². The molecule has 6 heteroatoms. The summed E-state index contributed by atoms with van der Waals surface area (Å²) in [6, 6.07) is 12.7. The lowest BCUT2D eigenvalue weighted by Gasteiger charge is -2.30. The first kappa shape index (κ1) is 14.6. The molecule has 0 aromatic heterocycles. The van der Waals surface area contributed by atoms with Crippen molar-refractivity contribution in [2.24, 2.45) is 21.6 Å². The van der Waals surface area contributed by atoms with Gasteiger partial charge in [0, 0.05) is 11.2 Å². The number of hydrogen-bond acceptors (Lipinski definition) is 6. The smallest absolute Gasteiger partial charge is 0.231 e. The number of nitrogens with zero attached hydrogens (tertiary/aromatic N) is 3. The molecule has 1 spiro atoms. The zero-order chi connectivity index (χ0) is 16.5. The summed E-state index contributed by atoms with van der Waals surface area (Å²) in [5, 5.41) is 19.1. The number of fused-ring (bicyclic) bond motifs is 2. The van der Waals surface area contributed by atoms with Gasteiger partial charge in [-0.15, -0.1) is 0 Å². The summed E-state index contributed by atoms with van der Waals surface area (Å²) in [5.41, 5.74) is 5.30. The summed E-state index contributed by atoms with van der Waals surface area (Å²) in [6.07, 6.45) is 0. The normalized spacial score (nSPS) is 43.6. The molecule has 1 aromatic rings. The van der Waals surface area contributed by atoms with Crippen molar-refractivity contribution in [1.82, 2.24) is 0 Å². The fourth-order valence-electron chi connectivity index (χ4n) is 4.57. The molecule has 3 aliphatic rings. The van der Waals surface area contributed by atoms with Crippen LogP contribution in [0.15, 0.2) is 29.3 Å². The Labute approximate surface area is 139 Å². The second-order valence-electron chi connectivity index (χ2n) is 6.49. The number of nitriles is 2. The van der Waals surface area contributed by atoms with Crippen LogP contribution in [0.2, 0.25) is 0 Å². The minimum atomic E-state index is -1.14. The summed E-state index contributed by atoms with van der Waals surface area (Å²) in [7, 11) is 0. The topological polar surface area (TPSA) is 95.2 Å². The van der Waals surface area contributed by atoms with E-state index in [1.165, 1.54) is 11.8 Å². The van der Waals surface area contributed by atoms with Crippen molar-refractivity contribution in [1.29, 1.82) is 10.5 Å². The number of thioether (sulfide) groups is 1. The Morgan fingerprint density at radius 2 is 1.96 bits per heavy atom. The van der Waals surface area contributed by atoms with Crippen molar-refractivity contribution in [2.45, 2.75) is 24.3 Å². The van der Waals surface area contributed by atoms with E-state index in [0.717, 1.165) is 16.9 Å². The molecule has 1 aliphatic carbocycles. The van der Waals surface area contributed by atoms with Crippen LogP contribution in [0.1, 0.15) is 18.1 Å². The summed E-state index contributed by atoms with van der Waals surface area (Å²) >= 11 is 1.48. The van der Waals surface area contributed by atoms with Crippen LogP contribution in [0.5, 0.6) is 0 Å². The molecule has 5 nitrogen and oxygen atoms in total. The van der Waals surface area contributed by atoms with Crippen molar-refractivity contribution >= 4 is 17.6 Å². The molecule has 4 rings (SSSR count). The van der Waals surface area contributed by atoms with Gasteiger partial charge in [0.05, 0.1) is 18.7 Å². The molecular weight excluding hydrogens is 308 g/mol. The molecule has 2 fully saturated rings. The first-order chi connectivity index (χ1) is 11.0. The Hall–Kier alpha value is -2.02. The first-order valence-corrected chi connectivity index (χ1v) is 8.48. The number of amidine groups is 1. The molecule has 0 bridgehead atoms. The molecule has 1 saturated heterocycles. The predicted octanol–water partition coefficient (Wildman–Crippen LogP) is 2.07. The van der Waals surface area contributed by atoms with Crippen molar-refractivity contribution in [3.63, 3.8) is 0 Å². The predicted molar refractivity (Wildman–Crippen MR) is 87.4 cm³/mol. The van der Waals surface area contributed by atoms with Gasteiger partial charge in [-0.3, -0.25) is 0 Å². The van der Waals surface area contributed by atoms with E-state index in [1.54, 1.807) is 0 Å². The number of aryl methyl sites for hydroxylation is 1. The average Bonchev–Trinajstić information content (AvgIpc) is 2.83. The average molecular weight is 324 g/mol. The van der Waals surface area contributed by atoms with Crippen molar-refractivity contribution in [3.8, 4) is 12.1 Å². The highest BCUT2D eigenvalue weighted by molar-refractivity contribution is 8.00. The van der Waals surface area contributed by atoms with Crippen LogP contribution < -0.4 is 5.73 Å². The molecule has 2 N–H and O–H groups in total. The highest BCUT2D eigenvalue weighted by atomic mass is 32.2. The van der Waals surface area contributed by atoms with E-state index in [2.05, 4.69) is 17.1 Å². The minimum Gasteiger partial charge on any atom is -0.386 e. The Morgan fingerprint density at radius 3 is 2.48 bits per heavy atom. The van der Waals surface area contributed by atoms with Crippen LogP contribution in [-0.2, 0) is 10.2 Å². The maximum absolute atomic E-state index is 10.1. The molecule has 1 aromatic carbocycles. The van der Waals surface area contributed by atoms with Gasteiger partial charge in [0.15, 0.2) is 10.8 Å². The molecule has 23 heavy (non-hydrogen) atoms. The quantitative estimate of drug-likeness (QED) is 0.853. The zero-order valence-corrected chi connectivity index (χ0v) is 13.8. The van der Waals surface area contributed by atoms with E-state index >= 15 is 0 Å². The highest BCUT2D eigenvalue weighted by Crippen LogP contribution is 2.87. The maximum atomic E-state index is 10.1. The fraction of sp³-hybridized carbons (Fsp3) is 0.471. The molecule has 0 radical (unpaired) electrons. The van der Waals surface area contributed by atoms with E-state index in [4.69, 9.17) is 10.5 Å². The molecular formula is C17H16N4OS. The van der Waals surface area contributed by atoms with Crippen molar-refractivity contribution in [2.75, 3.05) is 12.4 Å². The number of nitrogens with two attached hydrogens (primary N) is 1. The lowest BCUT2D eigenvalue weighted by atomic mass is 9.85. The maximum Gasteiger partial charge on any atom is 0.231 e. The molecule has 0 unspecified atom stereocenters. The van der Waals surface area contributed by atoms with E-state index in [-0.39, 0.29) is 5.84 Å². The van der Waals surface area contributed by atoms with E-state index < -0.39 is 21.3 Å². The number of ether oxygens (including phenoxy) is 1. The van der Waals surface area contributed by atoms with Gasteiger partial charge in [-0.2, -0.15) is 10.5 Å². The molecule has 2 heterocycles. The Morgan fingerprint density at radius 1 is 1.26 bits per heavy atom. The standard InChI is InChI=1S/C17H16N4OS/c1-11-3-5-12(6-4-11)14(2)15(9-18)13(20)21-17(16(14,15)10-19)22-7-8-23-17/h3-6H,7-8H2,1-2H3,(H2,20,21)/t14-,15+,16-,17-/m1/s1. The number of rotatable bonds is 1. The van der Waals surface area contributed by atoms with E-state index in [9.17, 15) is 10.5 Å². The van der Waals surface area contributed by atoms with Crippen LogP contribution in [0.4, 0.5) is 0 Å². The fourth-order valence-corrected chi connectivity index (χ4v) is 5.96. The van der Waals surface area contributed by atoms with Crippen molar-refractivity contribution < 1.29 is 4.74 Å². The second kappa shape index (κ2) is 4.08. The summed E-state index contributed by atoms with van der Waals surface area (Å²) in [4.78, 5) is 4.46. The van der Waals surface area contributed by atoms with Gasteiger partial charge in [0.25, 0.3) is 0 Å². The zero-order valence-electron chi connectivity index (χ0n) is 13.0.